The Hall–Kier alpha value is -2.55. The van der Waals surface area contributed by atoms with Crippen molar-refractivity contribution in [1.29, 1.82) is 0 Å². The van der Waals surface area contributed by atoms with Gasteiger partial charge in [0.05, 0.1) is 11.8 Å². The van der Waals surface area contributed by atoms with Crippen LogP contribution in [0.4, 0.5) is 5.95 Å². The second-order valence-electron chi connectivity index (χ2n) is 11.2. The molecule has 1 aliphatic carbocycles. The number of nitrogens with zero attached hydrogens (tertiary/aromatic N) is 4. The topological polar surface area (TPSA) is 97.4 Å². The second-order valence-corrected chi connectivity index (χ2v) is 11.2. The van der Waals surface area contributed by atoms with Gasteiger partial charge in [-0.05, 0) is 62.1 Å². The summed E-state index contributed by atoms with van der Waals surface area (Å²) in [5.41, 5.74) is 2.65. The molecule has 0 atom stereocenters. The summed E-state index contributed by atoms with van der Waals surface area (Å²) in [5, 5.41) is 16.1. The van der Waals surface area contributed by atoms with Crippen molar-refractivity contribution in [2.45, 2.75) is 64.5 Å². The lowest BCUT2D eigenvalue weighted by Gasteiger charge is -2.32. The van der Waals surface area contributed by atoms with Gasteiger partial charge in [0.2, 0.25) is 5.95 Å². The van der Waals surface area contributed by atoms with Gasteiger partial charge in [-0.2, -0.15) is 4.98 Å². The van der Waals surface area contributed by atoms with E-state index < -0.39 is 0 Å². The van der Waals surface area contributed by atoms with Crippen molar-refractivity contribution in [3.05, 3.63) is 39.8 Å². The first-order chi connectivity index (χ1) is 17.4. The summed E-state index contributed by atoms with van der Waals surface area (Å²) in [5.74, 6) is 1.40. The molecule has 0 amide bonds. The summed E-state index contributed by atoms with van der Waals surface area (Å²) in [6, 6.07) is 6.30. The summed E-state index contributed by atoms with van der Waals surface area (Å²) in [4.78, 5) is 30.9. The van der Waals surface area contributed by atoms with E-state index in [1.165, 1.54) is 0 Å². The van der Waals surface area contributed by atoms with E-state index in [1.807, 2.05) is 0 Å². The van der Waals surface area contributed by atoms with Gasteiger partial charge < -0.3 is 20.3 Å². The number of likely N-dealkylation sites (N-methyl/N-ethyl adjacent to an activating group) is 1. The minimum Gasteiger partial charge on any atom is -0.393 e. The standard InChI is InChI=1S/C28H40N6O2/c1-18(2)10-11-29-28-30-25(20-5-7-21(35)8-6-20)24-22-9-4-19(17-34-14-12-33(3)13-15-34)16-23(22)27(36)31-26(24)32-28/h4,9,16,18,20-21,35H,5-8,10-15,17H2,1-3H3,(H2,29,30,31,32,36). The molecule has 3 N–H and O–H groups in total. The van der Waals surface area contributed by atoms with E-state index in [-0.39, 0.29) is 17.6 Å². The van der Waals surface area contributed by atoms with E-state index >= 15 is 0 Å². The molecule has 194 valence electrons. The molecule has 36 heavy (non-hydrogen) atoms. The predicted molar refractivity (Wildman–Crippen MR) is 146 cm³/mol. The number of fused-ring (bicyclic) bond motifs is 3. The van der Waals surface area contributed by atoms with Crippen molar-refractivity contribution in [2.75, 3.05) is 45.1 Å². The van der Waals surface area contributed by atoms with Gasteiger partial charge in [-0.3, -0.25) is 9.69 Å². The fourth-order valence-corrected chi connectivity index (χ4v) is 5.57. The molecule has 1 aliphatic heterocycles. The van der Waals surface area contributed by atoms with Crippen LogP contribution in [0.25, 0.3) is 21.8 Å². The molecule has 8 nitrogen and oxygen atoms in total. The molecule has 1 aromatic carbocycles. The van der Waals surface area contributed by atoms with Crippen LogP contribution in [-0.4, -0.2) is 75.7 Å². The number of aliphatic hydroxyl groups excluding tert-OH is 1. The van der Waals surface area contributed by atoms with Crippen molar-refractivity contribution >= 4 is 27.8 Å². The van der Waals surface area contributed by atoms with Crippen LogP contribution in [0.3, 0.4) is 0 Å². The van der Waals surface area contributed by atoms with Crippen molar-refractivity contribution in [2.24, 2.45) is 5.92 Å². The van der Waals surface area contributed by atoms with Gasteiger partial charge in [0, 0.05) is 56.0 Å². The lowest BCUT2D eigenvalue weighted by atomic mass is 9.83. The molecule has 3 heterocycles. The van der Waals surface area contributed by atoms with Gasteiger partial charge in [-0.25, -0.2) is 4.98 Å². The number of aliphatic hydroxyl groups is 1. The fraction of sp³-hybridized carbons (Fsp3) is 0.607. The van der Waals surface area contributed by atoms with Crippen LogP contribution < -0.4 is 10.9 Å². The van der Waals surface area contributed by atoms with Crippen molar-refractivity contribution in [3.8, 4) is 0 Å². The highest BCUT2D eigenvalue weighted by Crippen LogP contribution is 2.37. The van der Waals surface area contributed by atoms with Crippen LogP contribution in [0, 0.1) is 5.92 Å². The summed E-state index contributed by atoms with van der Waals surface area (Å²) >= 11 is 0. The van der Waals surface area contributed by atoms with Gasteiger partial charge in [-0.1, -0.05) is 26.0 Å². The summed E-state index contributed by atoms with van der Waals surface area (Å²) in [7, 11) is 2.16. The van der Waals surface area contributed by atoms with E-state index in [4.69, 9.17) is 9.97 Å². The summed E-state index contributed by atoms with van der Waals surface area (Å²) < 4.78 is 0. The number of pyridine rings is 1. The fourth-order valence-electron chi connectivity index (χ4n) is 5.57. The van der Waals surface area contributed by atoms with Crippen molar-refractivity contribution in [3.63, 3.8) is 0 Å². The lowest BCUT2D eigenvalue weighted by Crippen LogP contribution is -2.43. The maximum Gasteiger partial charge on any atom is 0.257 e. The molecule has 1 saturated carbocycles. The van der Waals surface area contributed by atoms with Gasteiger partial charge in [0.1, 0.15) is 5.65 Å². The first-order valence-corrected chi connectivity index (χ1v) is 13.6. The molecule has 0 spiro atoms. The van der Waals surface area contributed by atoms with Crippen LogP contribution >= 0.6 is 0 Å². The van der Waals surface area contributed by atoms with Crippen LogP contribution in [-0.2, 0) is 6.54 Å². The number of hydrogen-bond donors (Lipinski definition) is 3. The molecule has 2 fully saturated rings. The zero-order valence-corrected chi connectivity index (χ0v) is 21.9. The zero-order chi connectivity index (χ0) is 25.2. The monoisotopic (exact) mass is 492 g/mol. The van der Waals surface area contributed by atoms with Gasteiger partial charge >= 0.3 is 0 Å². The normalized spacial score (nSPS) is 22.0. The highest BCUT2D eigenvalue weighted by Gasteiger charge is 2.26. The minimum atomic E-state index is -0.230. The highest BCUT2D eigenvalue weighted by molar-refractivity contribution is 6.06. The molecule has 5 rings (SSSR count). The average molecular weight is 493 g/mol. The molecule has 0 bridgehead atoms. The van der Waals surface area contributed by atoms with Crippen molar-refractivity contribution < 1.29 is 5.11 Å². The Bertz CT molecular complexity index is 1260. The van der Waals surface area contributed by atoms with E-state index in [1.54, 1.807) is 0 Å². The number of aromatic amines is 1. The number of H-pyrrole nitrogens is 1. The number of rotatable bonds is 7. The predicted octanol–water partition coefficient (Wildman–Crippen LogP) is 3.70. The first kappa shape index (κ1) is 25.1. The number of piperazine rings is 1. The van der Waals surface area contributed by atoms with Crippen LogP contribution in [0.5, 0.6) is 0 Å². The number of aromatic nitrogens is 3. The Morgan fingerprint density at radius 2 is 1.83 bits per heavy atom. The molecule has 2 aliphatic rings. The smallest absolute Gasteiger partial charge is 0.257 e. The maximum atomic E-state index is 13.2. The largest absolute Gasteiger partial charge is 0.393 e. The molecular weight excluding hydrogens is 452 g/mol. The number of hydrogen-bond acceptors (Lipinski definition) is 7. The number of benzene rings is 1. The van der Waals surface area contributed by atoms with Crippen LogP contribution in [0.1, 0.15) is 63.1 Å². The summed E-state index contributed by atoms with van der Waals surface area (Å²) in [6.45, 7) is 10.3. The minimum absolute atomic E-state index is 0.102. The highest BCUT2D eigenvalue weighted by atomic mass is 16.3. The molecular formula is C28H40N6O2. The van der Waals surface area contributed by atoms with Crippen molar-refractivity contribution in [1.82, 2.24) is 24.8 Å². The Morgan fingerprint density at radius 3 is 2.56 bits per heavy atom. The van der Waals surface area contributed by atoms with E-state index in [0.29, 0.717) is 22.9 Å². The van der Waals surface area contributed by atoms with Crippen LogP contribution in [0.15, 0.2) is 23.0 Å². The SMILES string of the molecule is CC(C)CCNc1nc(C2CCC(O)CC2)c2c(n1)[nH]c(=O)c1cc(CN3CCN(C)CC3)ccc12. The lowest BCUT2D eigenvalue weighted by molar-refractivity contribution is 0.122. The molecule has 1 saturated heterocycles. The average Bonchev–Trinajstić information content (AvgIpc) is 2.85. The quantitative estimate of drug-likeness (QED) is 0.433. The number of nitrogens with one attached hydrogen (secondary N) is 2. The molecule has 2 aromatic heterocycles. The Morgan fingerprint density at radius 1 is 1.08 bits per heavy atom. The van der Waals surface area contributed by atoms with Gasteiger partial charge in [0.15, 0.2) is 0 Å². The Balaban J connectivity index is 1.54. The third kappa shape index (κ3) is 5.56. The third-order valence-electron chi connectivity index (χ3n) is 7.86. The van der Waals surface area contributed by atoms with Gasteiger partial charge in [-0.15, -0.1) is 0 Å². The number of anilines is 1. The Kier molecular flexibility index (Phi) is 7.55. The molecule has 3 aromatic rings. The van der Waals surface area contributed by atoms with Gasteiger partial charge in [0.25, 0.3) is 5.56 Å². The Labute approximate surface area is 213 Å². The second kappa shape index (κ2) is 10.8. The zero-order valence-electron chi connectivity index (χ0n) is 21.9. The molecule has 0 unspecified atom stereocenters. The summed E-state index contributed by atoms with van der Waals surface area (Å²) in [6.07, 6.45) is 4.13. The molecule has 8 heteroatoms. The molecule has 0 radical (unpaired) electrons. The third-order valence-corrected chi connectivity index (χ3v) is 7.86. The first-order valence-electron chi connectivity index (χ1n) is 13.6. The maximum absolute atomic E-state index is 13.2. The van der Waals surface area contributed by atoms with E-state index in [2.05, 4.69) is 59.2 Å². The van der Waals surface area contributed by atoms with E-state index in [0.717, 1.165) is 93.4 Å². The van der Waals surface area contributed by atoms with Crippen LogP contribution in [0.2, 0.25) is 0 Å². The van der Waals surface area contributed by atoms with E-state index in [9.17, 15) is 9.90 Å².